The molecule has 0 amide bonds. The van der Waals surface area contributed by atoms with Gasteiger partial charge in [-0.05, 0) is 88.7 Å². The van der Waals surface area contributed by atoms with Gasteiger partial charge in [0, 0.05) is 5.56 Å². The van der Waals surface area contributed by atoms with Gasteiger partial charge in [-0.3, -0.25) is 9.36 Å². The van der Waals surface area contributed by atoms with E-state index in [1.54, 1.807) is 14.0 Å². The van der Waals surface area contributed by atoms with E-state index in [4.69, 9.17) is 13.9 Å². The van der Waals surface area contributed by atoms with E-state index in [0.717, 1.165) is 48.7 Å². The molecule has 11 nitrogen and oxygen atoms in total. The van der Waals surface area contributed by atoms with Gasteiger partial charge in [-0.15, -0.1) is 11.3 Å². The molecule has 244 valence electrons. The van der Waals surface area contributed by atoms with Gasteiger partial charge in [0.2, 0.25) is 5.89 Å². The highest BCUT2D eigenvalue weighted by molar-refractivity contribution is 7.22. The van der Waals surface area contributed by atoms with Crippen molar-refractivity contribution in [3.8, 4) is 16.5 Å². The first kappa shape index (κ1) is 30.9. The van der Waals surface area contributed by atoms with Crippen molar-refractivity contribution in [1.82, 2.24) is 14.1 Å². The summed E-state index contributed by atoms with van der Waals surface area (Å²) in [6.07, 6.45) is 7.62. The Morgan fingerprint density at radius 3 is 2.50 bits per heavy atom. The van der Waals surface area contributed by atoms with Gasteiger partial charge in [0.25, 0.3) is 5.56 Å². The fourth-order valence-corrected chi connectivity index (χ4v) is 9.14. The number of fused-ring (bicyclic) bond motifs is 2. The summed E-state index contributed by atoms with van der Waals surface area (Å²) in [5.41, 5.74) is -2.51. The number of hydrogen-bond acceptors (Lipinski definition) is 9. The van der Waals surface area contributed by atoms with Crippen LogP contribution in [0.3, 0.4) is 0 Å². The molecule has 0 radical (unpaired) electrons. The lowest BCUT2D eigenvalue weighted by molar-refractivity contribution is -0.146. The highest BCUT2D eigenvalue weighted by Gasteiger charge is 2.55. The van der Waals surface area contributed by atoms with Crippen LogP contribution in [0.25, 0.3) is 21.0 Å². The zero-order chi connectivity index (χ0) is 32.5. The van der Waals surface area contributed by atoms with E-state index in [2.05, 4.69) is 4.98 Å². The third-order valence-corrected chi connectivity index (χ3v) is 11.8. The molecule has 3 aliphatic carbocycles. The largest absolute Gasteiger partial charge is 0.496 e. The Bertz CT molecular complexity index is 1900. The average Bonchev–Trinajstić information content (AvgIpc) is 3.29. The molecule has 46 heavy (non-hydrogen) atoms. The molecule has 0 aliphatic heterocycles. The molecular weight excluding hydrogens is 610 g/mol. The molecule has 2 N–H and O–H groups in total. The van der Waals surface area contributed by atoms with Crippen LogP contribution >= 0.6 is 11.3 Å². The van der Waals surface area contributed by atoms with Crippen LogP contribution < -0.4 is 16.0 Å². The maximum absolute atomic E-state index is 14.3. The predicted octanol–water partition coefficient (Wildman–Crippen LogP) is 5.10. The number of ether oxygens (including phenoxy) is 2. The van der Waals surface area contributed by atoms with E-state index in [0.29, 0.717) is 44.7 Å². The number of benzene rings is 1. The molecule has 0 spiro atoms. The number of methoxy groups -OCH3 is 1. The van der Waals surface area contributed by atoms with Crippen LogP contribution in [-0.2, 0) is 21.6 Å². The van der Waals surface area contributed by atoms with Crippen molar-refractivity contribution in [1.29, 1.82) is 0 Å². The van der Waals surface area contributed by atoms with Gasteiger partial charge < -0.3 is 24.1 Å². The van der Waals surface area contributed by atoms with Crippen LogP contribution in [0.2, 0.25) is 0 Å². The lowest BCUT2D eigenvalue weighted by Crippen LogP contribution is -2.52. The fourth-order valence-electron chi connectivity index (χ4n) is 7.89. The monoisotopic (exact) mass is 649 g/mol. The third-order valence-electron chi connectivity index (χ3n) is 10.5. The average molecular weight is 650 g/mol. The summed E-state index contributed by atoms with van der Waals surface area (Å²) in [6.45, 7) is 4.45. The number of carbonyl (C=O) groups is 1. The molecule has 3 saturated carbocycles. The fraction of sp³-hybridized carbons (Fsp3) is 0.529. The first-order chi connectivity index (χ1) is 21.9. The Morgan fingerprint density at radius 2 is 1.89 bits per heavy atom. The SMILES string of the molecule is COc1ccccc1C(Cn1c(=O)n(C(C)(C)C(=O)O)c(=O)c2c(C)c(-c3ncco3)sc21)OC1C[C@@H]2CC(O)(C3CC3)C[C@@H]2C1. The van der Waals surface area contributed by atoms with Gasteiger partial charge in [0.1, 0.15) is 28.5 Å². The number of carboxylic acids is 1. The smallest absolute Gasteiger partial charge is 0.333 e. The number of aliphatic carboxylic acids is 1. The quantitative estimate of drug-likeness (QED) is 0.240. The van der Waals surface area contributed by atoms with Crippen LogP contribution in [0, 0.1) is 24.7 Å². The molecule has 5 atom stereocenters. The number of nitrogens with zero attached hydrogens (tertiary/aromatic N) is 3. The van der Waals surface area contributed by atoms with Crippen molar-refractivity contribution in [3.05, 3.63) is 68.7 Å². The number of aliphatic hydroxyl groups is 1. The Hall–Kier alpha value is -3.74. The summed E-state index contributed by atoms with van der Waals surface area (Å²) >= 11 is 1.21. The number of aryl methyl sites for hydroxylation is 1. The number of thiophene rings is 1. The number of aromatic nitrogens is 3. The second-order valence-corrected chi connectivity index (χ2v) is 14.7. The van der Waals surface area contributed by atoms with Gasteiger partial charge in [-0.1, -0.05) is 18.2 Å². The molecule has 3 fully saturated rings. The van der Waals surface area contributed by atoms with Crippen molar-refractivity contribution in [2.24, 2.45) is 17.8 Å². The Morgan fingerprint density at radius 1 is 1.20 bits per heavy atom. The van der Waals surface area contributed by atoms with Crippen molar-refractivity contribution < 1.29 is 28.9 Å². The van der Waals surface area contributed by atoms with E-state index in [-0.39, 0.29) is 18.0 Å². The Labute approximate surface area is 269 Å². The highest BCUT2D eigenvalue weighted by Crippen LogP contribution is 2.57. The van der Waals surface area contributed by atoms with E-state index in [1.165, 1.54) is 42.2 Å². The molecule has 1 aromatic carbocycles. The van der Waals surface area contributed by atoms with Crippen LogP contribution in [0.1, 0.15) is 69.6 Å². The zero-order valence-corrected chi connectivity index (χ0v) is 27.2. The molecule has 12 heteroatoms. The van der Waals surface area contributed by atoms with Gasteiger partial charge in [0.15, 0.2) is 0 Å². The summed E-state index contributed by atoms with van der Waals surface area (Å²) < 4.78 is 20.5. The summed E-state index contributed by atoms with van der Waals surface area (Å²) in [5.74, 6) is 0.784. The molecule has 3 aromatic heterocycles. The topological polar surface area (TPSA) is 146 Å². The summed E-state index contributed by atoms with van der Waals surface area (Å²) in [4.78, 5) is 46.0. The lowest BCUT2D eigenvalue weighted by Gasteiger charge is -2.28. The van der Waals surface area contributed by atoms with Gasteiger partial charge >= 0.3 is 11.7 Å². The normalized spacial score (nSPS) is 25.2. The van der Waals surface area contributed by atoms with E-state index in [9.17, 15) is 24.6 Å². The molecule has 3 aliphatic rings. The van der Waals surface area contributed by atoms with Crippen molar-refractivity contribution in [3.63, 3.8) is 0 Å². The molecule has 4 aromatic rings. The first-order valence-electron chi connectivity index (χ1n) is 15.9. The minimum Gasteiger partial charge on any atom is -0.496 e. The molecule has 3 heterocycles. The minimum atomic E-state index is -1.83. The minimum absolute atomic E-state index is 0.00844. The third kappa shape index (κ3) is 5.01. The summed E-state index contributed by atoms with van der Waals surface area (Å²) in [7, 11) is 1.58. The van der Waals surface area contributed by atoms with Gasteiger partial charge in [-0.2, -0.15) is 0 Å². The molecule has 0 saturated heterocycles. The number of para-hydroxylation sites is 1. The van der Waals surface area contributed by atoms with Crippen molar-refractivity contribution >= 4 is 27.5 Å². The molecule has 7 rings (SSSR count). The zero-order valence-electron chi connectivity index (χ0n) is 26.4. The first-order valence-corrected chi connectivity index (χ1v) is 16.7. The number of carboxylic acid groups (broad SMARTS) is 1. The number of rotatable bonds is 10. The maximum atomic E-state index is 14.3. The van der Waals surface area contributed by atoms with Crippen LogP contribution in [0.15, 0.2) is 50.7 Å². The van der Waals surface area contributed by atoms with Crippen LogP contribution in [0.5, 0.6) is 5.75 Å². The standard InChI is InChI=1S/C34H39N3O8S/c1-18-26-29(38)37(33(2,3)31(39)40)32(41)36(30(26)46-27(18)28-35-11-12-44-28)17-25(23-7-5-6-8-24(23)43-4)45-22-13-19-15-34(42,21-9-10-21)16-20(19)14-22/h5-8,11-12,19-22,25,42H,9-10,13-17H2,1-4H3,(H,39,40)/t19-,20+,22?,25?,34?. The molecule has 3 unspecified atom stereocenters. The van der Waals surface area contributed by atoms with Gasteiger partial charge in [0.05, 0.1) is 41.8 Å². The number of hydrogen-bond donors (Lipinski definition) is 2. The molecule has 0 bridgehead atoms. The van der Waals surface area contributed by atoms with E-state index >= 15 is 0 Å². The van der Waals surface area contributed by atoms with E-state index < -0.39 is 34.5 Å². The highest BCUT2D eigenvalue weighted by atomic mass is 32.1. The summed E-state index contributed by atoms with van der Waals surface area (Å²) in [5, 5.41) is 21.6. The predicted molar refractivity (Wildman–Crippen MR) is 171 cm³/mol. The summed E-state index contributed by atoms with van der Waals surface area (Å²) in [6, 6.07) is 7.50. The molecular formula is C34H39N3O8S. The second-order valence-electron chi connectivity index (χ2n) is 13.7. The van der Waals surface area contributed by atoms with Gasteiger partial charge in [-0.25, -0.2) is 19.1 Å². The maximum Gasteiger partial charge on any atom is 0.333 e. The lowest BCUT2D eigenvalue weighted by atomic mass is 9.92. The Kier molecular flexibility index (Phi) is 7.52. The Balaban J connectivity index is 1.33. The number of oxazole rings is 1. The van der Waals surface area contributed by atoms with Crippen molar-refractivity contribution in [2.75, 3.05) is 7.11 Å². The van der Waals surface area contributed by atoms with Crippen molar-refractivity contribution in [2.45, 2.75) is 89.2 Å². The van der Waals surface area contributed by atoms with Crippen LogP contribution in [0.4, 0.5) is 0 Å². The van der Waals surface area contributed by atoms with E-state index in [1.807, 2.05) is 24.3 Å². The van der Waals surface area contributed by atoms with Crippen LogP contribution in [-0.4, -0.2) is 49.1 Å². The second kappa shape index (κ2) is 11.2.